The minimum Gasteiger partial charge on any atom is -0.444 e. The van der Waals surface area contributed by atoms with Crippen molar-refractivity contribution in [2.45, 2.75) is 26.9 Å². The summed E-state index contributed by atoms with van der Waals surface area (Å²) >= 11 is 1.68. The van der Waals surface area contributed by atoms with Crippen molar-refractivity contribution < 1.29 is 4.42 Å². The zero-order valence-corrected chi connectivity index (χ0v) is 15.1. The summed E-state index contributed by atoms with van der Waals surface area (Å²) in [5.41, 5.74) is 1.76. The Hall–Kier alpha value is -2.67. The predicted molar refractivity (Wildman–Crippen MR) is 100 cm³/mol. The average Bonchev–Trinajstić information content (AvgIpc) is 3.27. The highest BCUT2D eigenvalue weighted by Gasteiger charge is 2.06. The van der Waals surface area contributed by atoms with Crippen molar-refractivity contribution in [3.8, 4) is 11.5 Å². The van der Waals surface area contributed by atoms with Crippen LogP contribution in [0.1, 0.15) is 22.5 Å². The Kier molecular flexibility index (Phi) is 5.79. The summed E-state index contributed by atoms with van der Waals surface area (Å²) in [6, 6.07) is 9.84. The van der Waals surface area contributed by atoms with Crippen LogP contribution in [0.2, 0.25) is 0 Å². The lowest BCUT2D eigenvalue weighted by molar-refractivity contribution is 0.572. The summed E-state index contributed by atoms with van der Waals surface area (Å²) < 4.78 is 5.55. The molecular formula is C18H21N5OS. The lowest BCUT2D eigenvalue weighted by atomic mass is 10.2. The molecule has 0 aliphatic heterocycles. The minimum absolute atomic E-state index is 0.452. The molecular weight excluding hydrogens is 334 g/mol. The van der Waals surface area contributed by atoms with Gasteiger partial charge in [-0.25, -0.2) is 15.0 Å². The standard InChI is InChI=1S/C18H21N5OS/c1-3-19-18(22-11-16-10-20-13(2)25-16)21-9-15-12-24-17(23-15)14-7-5-4-6-8-14/h4-8,10,12H,3,9,11H2,1-2H3,(H2,19,21,22). The van der Waals surface area contributed by atoms with Gasteiger partial charge in [-0.05, 0) is 26.0 Å². The third-order valence-corrected chi connectivity index (χ3v) is 4.33. The number of oxazole rings is 1. The van der Waals surface area contributed by atoms with Gasteiger partial charge in [0.2, 0.25) is 5.89 Å². The maximum atomic E-state index is 5.55. The van der Waals surface area contributed by atoms with Gasteiger partial charge in [0.05, 0.1) is 18.1 Å². The molecule has 0 amide bonds. The van der Waals surface area contributed by atoms with E-state index in [1.54, 1.807) is 17.6 Å². The van der Waals surface area contributed by atoms with Gasteiger partial charge in [-0.3, -0.25) is 0 Å². The molecule has 0 unspecified atom stereocenters. The molecule has 1 aromatic carbocycles. The number of guanidine groups is 1. The quantitative estimate of drug-likeness (QED) is 0.524. The normalized spacial score (nSPS) is 11.5. The number of nitrogens with one attached hydrogen (secondary N) is 2. The van der Waals surface area contributed by atoms with Gasteiger partial charge in [-0.15, -0.1) is 11.3 Å². The Morgan fingerprint density at radius 2 is 2.08 bits per heavy atom. The van der Waals surface area contributed by atoms with Crippen LogP contribution >= 0.6 is 11.3 Å². The topological polar surface area (TPSA) is 75.3 Å². The second kappa shape index (κ2) is 8.43. The molecule has 6 nitrogen and oxygen atoms in total. The van der Waals surface area contributed by atoms with E-state index in [-0.39, 0.29) is 0 Å². The molecule has 0 spiro atoms. The first kappa shape index (κ1) is 17.2. The number of benzene rings is 1. The second-order valence-electron chi connectivity index (χ2n) is 5.40. The summed E-state index contributed by atoms with van der Waals surface area (Å²) in [6.07, 6.45) is 3.54. The highest BCUT2D eigenvalue weighted by atomic mass is 32.1. The molecule has 0 bridgehead atoms. The van der Waals surface area contributed by atoms with Crippen LogP contribution in [0, 0.1) is 6.92 Å². The molecule has 0 saturated carbocycles. The van der Waals surface area contributed by atoms with Crippen LogP contribution in [0.15, 0.2) is 52.2 Å². The molecule has 7 heteroatoms. The summed E-state index contributed by atoms with van der Waals surface area (Å²) in [7, 11) is 0. The van der Waals surface area contributed by atoms with E-state index in [4.69, 9.17) is 4.42 Å². The van der Waals surface area contributed by atoms with Gasteiger partial charge in [-0.1, -0.05) is 18.2 Å². The molecule has 0 atom stereocenters. The molecule has 2 N–H and O–H groups in total. The number of hydrogen-bond donors (Lipinski definition) is 2. The lowest BCUT2D eigenvalue weighted by Gasteiger charge is -2.09. The van der Waals surface area contributed by atoms with Gasteiger partial charge in [0, 0.05) is 23.2 Å². The average molecular weight is 355 g/mol. The van der Waals surface area contributed by atoms with Crippen molar-refractivity contribution in [1.82, 2.24) is 20.6 Å². The lowest BCUT2D eigenvalue weighted by Crippen LogP contribution is -2.36. The first-order valence-electron chi connectivity index (χ1n) is 8.18. The highest BCUT2D eigenvalue weighted by Crippen LogP contribution is 2.18. The third kappa shape index (κ3) is 4.90. The molecule has 3 rings (SSSR count). The van der Waals surface area contributed by atoms with Crippen LogP contribution in [-0.4, -0.2) is 22.5 Å². The van der Waals surface area contributed by atoms with Crippen LogP contribution in [0.3, 0.4) is 0 Å². The number of aromatic nitrogens is 2. The van der Waals surface area contributed by atoms with E-state index in [1.165, 1.54) is 4.88 Å². The van der Waals surface area contributed by atoms with Gasteiger partial charge >= 0.3 is 0 Å². The number of hydrogen-bond acceptors (Lipinski definition) is 5. The van der Waals surface area contributed by atoms with Gasteiger partial charge in [0.25, 0.3) is 0 Å². The molecule has 3 aromatic rings. The Balaban J connectivity index is 1.62. The Bertz CT molecular complexity index is 825. The first-order chi connectivity index (χ1) is 12.2. The Labute approximate surface area is 151 Å². The van der Waals surface area contributed by atoms with Crippen LogP contribution in [-0.2, 0) is 13.1 Å². The second-order valence-corrected chi connectivity index (χ2v) is 6.72. The maximum Gasteiger partial charge on any atom is 0.226 e. The van der Waals surface area contributed by atoms with E-state index in [9.17, 15) is 0 Å². The predicted octanol–water partition coefficient (Wildman–Crippen LogP) is 3.36. The van der Waals surface area contributed by atoms with E-state index in [1.807, 2.05) is 50.4 Å². The molecule has 0 saturated heterocycles. The fourth-order valence-corrected chi connectivity index (χ4v) is 2.99. The van der Waals surface area contributed by atoms with E-state index in [2.05, 4.69) is 25.6 Å². The monoisotopic (exact) mass is 355 g/mol. The number of aliphatic imine (C=N–C) groups is 1. The number of rotatable bonds is 6. The fourth-order valence-electron chi connectivity index (χ4n) is 2.25. The summed E-state index contributed by atoms with van der Waals surface area (Å²) in [4.78, 5) is 14.5. The number of nitrogens with zero attached hydrogens (tertiary/aromatic N) is 3. The van der Waals surface area contributed by atoms with Crippen LogP contribution in [0.4, 0.5) is 0 Å². The molecule has 130 valence electrons. The van der Waals surface area contributed by atoms with Crippen molar-refractivity contribution in [2.24, 2.45) is 4.99 Å². The zero-order valence-electron chi connectivity index (χ0n) is 14.3. The molecule has 0 aliphatic carbocycles. The molecule has 2 aromatic heterocycles. The molecule has 0 fully saturated rings. The van der Waals surface area contributed by atoms with Gasteiger partial charge in [0.15, 0.2) is 5.96 Å². The van der Waals surface area contributed by atoms with Crippen LogP contribution in [0.25, 0.3) is 11.5 Å². The minimum atomic E-state index is 0.452. The summed E-state index contributed by atoms with van der Waals surface area (Å²) in [6.45, 7) is 5.99. The van der Waals surface area contributed by atoms with Gasteiger partial charge in [0.1, 0.15) is 12.0 Å². The summed E-state index contributed by atoms with van der Waals surface area (Å²) in [5.74, 6) is 1.36. The van der Waals surface area contributed by atoms with E-state index in [0.717, 1.165) is 28.8 Å². The molecule has 0 aliphatic rings. The van der Waals surface area contributed by atoms with E-state index >= 15 is 0 Å². The number of thiazole rings is 1. The van der Waals surface area contributed by atoms with Crippen molar-refractivity contribution in [1.29, 1.82) is 0 Å². The largest absolute Gasteiger partial charge is 0.444 e. The molecule has 0 radical (unpaired) electrons. The Morgan fingerprint density at radius 1 is 1.24 bits per heavy atom. The van der Waals surface area contributed by atoms with E-state index in [0.29, 0.717) is 19.0 Å². The summed E-state index contributed by atoms with van der Waals surface area (Å²) in [5, 5.41) is 7.61. The smallest absolute Gasteiger partial charge is 0.226 e. The first-order valence-corrected chi connectivity index (χ1v) is 8.99. The maximum absolute atomic E-state index is 5.55. The van der Waals surface area contributed by atoms with Crippen molar-refractivity contribution in [3.63, 3.8) is 0 Å². The van der Waals surface area contributed by atoms with Crippen molar-refractivity contribution >= 4 is 17.3 Å². The van der Waals surface area contributed by atoms with Crippen molar-refractivity contribution in [3.05, 3.63) is 58.4 Å². The van der Waals surface area contributed by atoms with Gasteiger partial charge in [-0.2, -0.15) is 0 Å². The van der Waals surface area contributed by atoms with Crippen LogP contribution in [0.5, 0.6) is 0 Å². The number of aryl methyl sites for hydroxylation is 1. The SMILES string of the molecule is CCNC(=NCc1coc(-c2ccccc2)n1)NCc1cnc(C)s1. The van der Waals surface area contributed by atoms with Crippen LogP contribution < -0.4 is 10.6 Å². The highest BCUT2D eigenvalue weighted by molar-refractivity contribution is 7.11. The van der Waals surface area contributed by atoms with Crippen molar-refractivity contribution in [2.75, 3.05) is 6.54 Å². The molecule has 25 heavy (non-hydrogen) atoms. The van der Waals surface area contributed by atoms with Gasteiger partial charge < -0.3 is 15.1 Å². The Morgan fingerprint density at radius 3 is 2.80 bits per heavy atom. The third-order valence-electron chi connectivity index (χ3n) is 3.42. The molecule has 2 heterocycles. The fraction of sp³-hybridized carbons (Fsp3) is 0.278. The zero-order chi connectivity index (χ0) is 17.5. The van der Waals surface area contributed by atoms with E-state index < -0.39 is 0 Å².